The van der Waals surface area contributed by atoms with E-state index in [0.717, 1.165) is 63.6 Å². The lowest BCUT2D eigenvalue weighted by molar-refractivity contribution is -0.133. The van der Waals surface area contributed by atoms with E-state index in [0.29, 0.717) is 34.6 Å². The zero-order valence-corrected chi connectivity index (χ0v) is 19.0. The van der Waals surface area contributed by atoms with Crippen molar-refractivity contribution in [2.24, 2.45) is 5.92 Å². The summed E-state index contributed by atoms with van der Waals surface area (Å²) in [4.78, 5) is 32.9. The van der Waals surface area contributed by atoms with Gasteiger partial charge in [0.05, 0.1) is 5.52 Å². The Bertz CT molecular complexity index is 991. The summed E-state index contributed by atoms with van der Waals surface area (Å²) in [7, 11) is 1.96. The molecule has 3 atom stereocenters. The summed E-state index contributed by atoms with van der Waals surface area (Å²) in [6.07, 6.45) is 7.23. The van der Waals surface area contributed by atoms with Crippen molar-refractivity contribution in [3.8, 4) is 0 Å². The van der Waals surface area contributed by atoms with Crippen molar-refractivity contribution in [2.75, 3.05) is 20.1 Å². The number of carbonyl (C=O) groups is 2. The topological polar surface area (TPSA) is 68.4 Å². The summed E-state index contributed by atoms with van der Waals surface area (Å²) in [5, 5.41) is 3.64. The minimum absolute atomic E-state index is 0.114. The minimum Gasteiger partial charge on any atom is -0.350 e. The number of aromatic nitrogens is 1. The first-order valence-corrected chi connectivity index (χ1v) is 12.0. The maximum atomic E-state index is 14.1. The predicted octanol–water partition coefficient (Wildman–Crippen LogP) is 3.60. The van der Waals surface area contributed by atoms with Gasteiger partial charge in [-0.3, -0.25) is 14.5 Å². The highest BCUT2D eigenvalue weighted by atomic mass is 19.1. The Hall–Kier alpha value is -2.41. The molecule has 5 rings (SSSR count). The molecule has 32 heavy (non-hydrogen) atoms. The zero-order chi connectivity index (χ0) is 22.4. The van der Waals surface area contributed by atoms with Crippen LogP contribution in [0.4, 0.5) is 4.39 Å². The Morgan fingerprint density at radius 1 is 1.19 bits per heavy atom. The molecule has 0 spiro atoms. The number of benzene rings is 1. The quantitative estimate of drug-likeness (QED) is 0.747. The van der Waals surface area contributed by atoms with Crippen LogP contribution in [0.5, 0.6) is 0 Å². The molecule has 0 radical (unpaired) electrons. The molecular formula is C25H33FN4O2. The van der Waals surface area contributed by atoms with E-state index in [9.17, 15) is 14.0 Å². The minimum atomic E-state index is -0.313. The molecule has 2 aliphatic carbocycles. The van der Waals surface area contributed by atoms with Crippen molar-refractivity contribution in [3.63, 3.8) is 0 Å². The van der Waals surface area contributed by atoms with E-state index < -0.39 is 0 Å². The van der Waals surface area contributed by atoms with Crippen LogP contribution in [0.2, 0.25) is 0 Å². The second kappa shape index (κ2) is 8.50. The maximum absolute atomic E-state index is 14.1. The molecule has 2 saturated carbocycles. The Morgan fingerprint density at radius 2 is 2.00 bits per heavy atom. The number of rotatable bonds is 5. The third-order valence-corrected chi connectivity index (χ3v) is 7.71. The molecule has 2 aromatic rings. The molecule has 2 N–H and O–H groups in total. The van der Waals surface area contributed by atoms with E-state index in [4.69, 9.17) is 0 Å². The molecule has 0 bridgehead atoms. The number of H-pyrrole nitrogens is 1. The first kappa shape index (κ1) is 21.4. The van der Waals surface area contributed by atoms with Crippen molar-refractivity contribution in [1.29, 1.82) is 0 Å². The Balaban J connectivity index is 1.19. The number of hydrogen-bond donors (Lipinski definition) is 2. The first-order valence-electron chi connectivity index (χ1n) is 12.0. The van der Waals surface area contributed by atoms with E-state index in [-0.39, 0.29) is 23.7 Å². The number of likely N-dealkylation sites (tertiary alicyclic amines) is 1. The van der Waals surface area contributed by atoms with Crippen LogP contribution < -0.4 is 5.32 Å². The largest absolute Gasteiger partial charge is 0.350 e. The summed E-state index contributed by atoms with van der Waals surface area (Å²) in [6, 6.07) is 5.64. The van der Waals surface area contributed by atoms with Crippen LogP contribution in [0.3, 0.4) is 0 Å². The third-order valence-electron chi connectivity index (χ3n) is 7.71. The highest BCUT2D eigenvalue weighted by Gasteiger charge is 2.38. The molecule has 2 heterocycles. The summed E-state index contributed by atoms with van der Waals surface area (Å²) in [6.45, 7) is 3.85. The highest BCUT2D eigenvalue weighted by Crippen LogP contribution is 2.33. The van der Waals surface area contributed by atoms with E-state index in [1.165, 1.54) is 6.07 Å². The standard InChI is InChI=1S/C25H33FN4O2/c1-15-6-9-21(26)20-13-22(28-23(15)20)24(31)27-17-4-3-5-18(12-17)30-11-10-19(14-30)29(2)25(32)16-7-8-16/h6,9,13,16-19,28H,3-5,7-8,10-12,14H2,1-2H3,(H,27,31)/t17-,18-,19?/m1/s1. The van der Waals surface area contributed by atoms with Crippen LogP contribution >= 0.6 is 0 Å². The molecule has 3 aliphatic rings. The molecule has 1 saturated heterocycles. The number of aryl methyl sites for hydroxylation is 1. The highest BCUT2D eigenvalue weighted by molar-refractivity contribution is 5.99. The van der Waals surface area contributed by atoms with E-state index >= 15 is 0 Å². The maximum Gasteiger partial charge on any atom is 0.267 e. The third kappa shape index (κ3) is 4.15. The van der Waals surface area contributed by atoms with Gasteiger partial charge in [0.25, 0.3) is 5.91 Å². The number of halogens is 1. The summed E-state index contributed by atoms with van der Waals surface area (Å²) in [5.41, 5.74) is 2.02. The molecular weight excluding hydrogens is 407 g/mol. The van der Waals surface area contributed by atoms with Gasteiger partial charge in [-0.2, -0.15) is 0 Å². The molecule has 3 fully saturated rings. The lowest BCUT2D eigenvalue weighted by Crippen LogP contribution is -2.46. The molecule has 1 unspecified atom stereocenters. The van der Waals surface area contributed by atoms with Crippen LogP contribution in [0.15, 0.2) is 18.2 Å². The lowest BCUT2D eigenvalue weighted by atomic mass is 9.90. The van der Waals surface area contributed by atoms with Crippen LogP contribution in [0, 0.1) is 18.7 Å². The summed E-state index contributed by atoms with van der Waals surface area (Å²) in [5.74, 6) is 0.105. The number of hydrogen-bond acceptors (Lipinski definition) is 3. The van der Waals surface area contributed by atoms with Gasteiger partial charge in [0.1, 0.15) is 11.5 Å². The molecule has 172 valence electrons. The van der Waals surface area contributed by atoms with Gasteiger partial charge in [0.2, 0.25) is 5.91 Å². The van der Waals surface area contributed by atoms with Crippen molar-refractivity contribution in [1.82, 2.24) is 20.1 Å². The average Bonchev–Trinajstić information content (AvgIpc) is 3.33. The van der Waals surface area contributed by atoms with E-state index in [1.807, 2.05) is 18.9 Å². The second-order valence-electron chi connectivity index (χ2n) is 9.99. The van der Waals surface area contributed by atoms with Crippen LogP contribution in [0.25, 0.3) is 10.9 Å². The average molecular weight is 441 g/mol. The van der Waals surface area contributed by atoms with Gasteiger partial charge in [0.15, 0.2) is 0 Å². The van der Waals surface area contributed by atoms with Crippen molar-refractivity contribution < 1.29 is 14.0 Å². The lowest BCUT2D eigenvalue weighted by Gasteiger charge is -2.36. The number of nitrogens with one attached hydrogen (secondary N) is 2. The predicted molar refractivity (Wildman–Crippen MR) is 122 cm³/mol. The van der Waals surface area contributed by atoms with Gasteiger partial charge in [-0.05, 0) is 69.6 Å². The summed E-state index contributed by atoms with van der Waals surface area (Å²) >= 11 is 0. The molecule has 2 amide bonds. The Labute approximate surface area is 188 Å². The Morgan fingerprint density at radius 3 is 2.75 bits per heavy atom. The van der Waals surface area contributed by atoms with Crippen LogP contribution in [-0.2, 0) is 4.79 Å². The van der Waals surface area contributed by atoms with Gasteiger partial charge in [-0.15, -0.1) is 0 Å². The SMILES string of the molecule is Cc1ccc(F)c2cc(C(=O)N[C@@H]3CCC[C@@H](N4CCC(N(C)C(=O)C5CC5)C4)C3)[nH]c12. The number of likely N-dealkylation sites (N-methyl/N-ethyl adjacent to an activating group) is 1. The van der Waals surface area contributed by atoms with Gasteiger partial charge >= 0.3 is 0 Å². The summed E-state index contributed by atoms with van der Waals surface area (Å²) < 4.78 is 14.1. The molecule has 6 nitrogen and oxygen atoms in total. The van der Waals surface area contributed by atoms with E-state index in [2.05, 4.69) is 15.2 Å². The van der Waals surface area contributed by atoms with E-state index in [1.54, 1.807) is 12.1 Å². The van der Waals surface area contributed by atoms with Crippen LogP contribution in [0.1, 0.15) is 61.0 Å². The number of aromatic amines is 1. The molecule has 1 aromatic heterocycles. The van der Waals surface area contributed by atoms with Crippen molar-refractivity contribution in [2.45, 2.75) is 70.0 Å². The zero-order valence-electron chi connectivity index (χ0n) is 19.0. The van der Waals surface area contributed by atoms with Crippen LogP contribution in [-0.4, -0.2) is 64.9 Å². The fraction of sp³-hybridized carbons (Fsp3) is 0.600. The molecule has 7 heteroatoms. The van der Waals surface area contributed by atoms with Crippen molar-refractivity contribution >= 4 is 22.7 Å². The first-order chi connectivity index (χ1) is 15.4. The Kier molecular flexibility index (Phi) is 5.70. The number of fused-ring (bicyclic) bond motifs is 1. The van der Waals surface area contributed by atoms with Gasteiger partial charge in [0, 0.05) is 49.6 Å². The monoisotopic (exact) mass is 440 g/mol. The molecule has 1 aromatic carbocycles. The normalized spacial score (nSPS) is 26.4. The second-order valence-corrected chi connectivity index (χ2v) is 9.99. The fourth-order valence-corrected chi connectivity index (χ4v) is 5.55. The smallest absolute Gasteiger partial charge is 0.267 e. The fourth-order valence-electron chi connectivity index (χ4n) is 5.55. The molecule has 1 aliphatic heterocycles. The number of amides is 2. The number of carbonyl (C=O) groups excluding carboxylic acids is 2. The van der Waals surface area contributed by atoms with Gasteiger partial charge < -0.3 is 15.2 Å². The van der Waals surface area contributed by atoms with Gasteiger partial charge in [-0.1, -0.05) is 6.07 Å². The van der Waals surface area contributed by atoms with Crippen molar-refractivity contribution in [3.05, 3.63) is 35.3 Å². The van der Waals surface area contributed by atoms with Gasteiger partial charge in [-0.25, -0.2) is 4.39 Å². The number of nitrogens with zero attached hydrogens (tertiary/aromatic N) is 2.